The van der Waals surface area contributed by atoms with Crippen molar-refractivity contribution >= 4 is 23.2 Å². The molecule has 2 fully saturated rings. The Morgan fingerprint density at radius 1 is 0.935 bits per heavy atom. The number of nitrogens with one attached hydrogen (secondary N) is 2. The van der Waals surface area contributed by atoms with Crippen molar-refractivity contribution in [2.45, 2.75) is 25.6 Å². The number of rotatable bonds is 9. The quantitative estimate of drug-likeness (QED) is 0.329. The number of aromatic nitrogens is 1. The lowest BCUT2D eigenvalue weighted by Gasteiger charge is -2.35. The number of nitrogens with two attached hydrogens (primary N) is 1. The van der Waals surface area contributed by atoms with Gasteiger partial charge in [-0.25, -0.2) is 0 Å². The van der Waals surface area contributed by atoms with Crippen LogP contribution in [0.5, 0.6) is 0 Å². The number of H-pyrrole nitrogens is 1. The number of aromatic amines is 1. The first kappa shape index (κ1) is 33.2. The van der Waals surface area contributed by atoms with Crippen LogP contribution in [-0.4, -0.2) is 97.4 Å². The van der Waals surface area contributed by atoms with Crippen molar-refractivity contribution in [2.24, 2.45) is 5.73 Å². The third-order valence-corrected chi connectivity index (χ3v) is 8.55. The molecule has 3 heterocycles. The van der Waals surface area contributed by atoms with Crippen LogP contribution in [0, 0.1) is 0 Å². The molecule has 0 spiro atoms. The van der Waals surface area contributed by atoms with Gasteiger partial charge in [0, 0.05) is 77.6 Å². The summed E-state index contributed by atoms with van der Waals surface area (Å²) in [4.78, 5) is 48.0. The third kappa shape index (κ3) is 8.14. The zero-order valence-corrected chi connectivity index (χ0v) is 25.9. The lowest BCUT2D eigenvalue weighted by Crippen LogP contribution is -2.48. The fourth-order valence-corrected chi connectivity index (χ4v) is 5.90. The zero-order valence-electron chi connectivity index (χ0n) is 25.9. The normalized spacial score (nSPS) is 16.5. The summed E-state index contributed by atoms with van der Waals surface area (Å²) < 4.78 is 41.3. The Morgan fingerprint density at radius 2 is 1.65 bits per heavy atom. The van der Waals surface area contributed by atoms with Crippen molar-refractivity contribution in [2.75, 3.05) is 76.2 Å². The standard InChI is InChI=1S/C33H40F3N7O3/c1-40-10-14-42(15-11-40)29-8-7-25(19-28(29)39-32(46)26-21-38-30(44)20-27(26)33(34,35)36)24-5-2-4-23(18-24)22-41-12-16-43(17-13-41)31(45)6-3-9-37/h2,4-5,7-8,18-21H,3,6,9-17,22,37H2,1H3,(H,38,44)(H,39,46). The highest BCUT2D eigenvalue weighted by Gasteiger charge is 2.36. The molecule has 1 aromatic heterocycles. The molecule has 10 nitrogen and oxygen atoms in total. The number of carbonyl (C=O) groups is 2. The number of nitrogens with zero attached hydrogens (tertiary/aromatic N) is 4. The molecule has 0 bridgehead atoms. The molecular formula is C33H40F3N7O3. The van der Waals surface area contributed by atoms with E-state index in [1.807, 2.05) is 42.3 Å². The first-order valence-electron chi connectivity index (χ1n) is 15.5. The number of carbonyl (C=O) groups excluding carboxylic acids is 2. The lowest BCUT2D eigenvalue weighted by molar-refractivity contribution is -0.138. The van der Waals surface area contributed by atoms with Crippen LogP contribution in [0.25, 0.3) is 11.1 Å². The molecule has 2 aliphatic heterocycles. The molecule has 2 aliphatic rings. The Bertz CT molecular complexity index is 1590. The molecule has 0 aliphatic carbocycles. The monoisotopic (exact) mass is 639 g/mol. The van der Waals surface area contributed by atoms with Gasteiger partial charge in [0.05, 0.1) is 22.5 Å². The predicted octanol–water partition coefficient (Wildman–Crippen LogP) is 3.45. The zero-order chi connectivity index (χ0) is 32.8. The molecule has 3 aromatic rings. The minimum absolute atomic E-state index is 0.144. The highest BCUT2D eigenvalue weighted by atomic mass is 19.4. The molecule has 2 saturated heterocycles. The van der Waals surface area contributed by atoms with Gasteiger partial charge in [0.1, 0.15) is 0 Å². The van der Waals surface area contributed by atoms with Gasteiger partial charge in [0.2, 0.25) is 11.5 Å². The number of halogens is 3. The van der Waals surface area contributed by atoms with Gasteiger partial charge in [-0.05, 0) is 54.9 Å². The van der Waals surface area contributed by atoms with Crippen LogP contribution >= 0.6 is 0 Å². The van der Waals surface area contributed by atoms with Crippen molar-refractivity contribution in [3.63, 3.8) is 0 Å². The van der Waals surface area contributed by atoms with E-state index in [4.69, 9.17) is 5.73 Å². The van der Waals surface area contributed by atoms with Crippen molar-refractivity contribution in [1.29, 1.82) is 0 Å². The molecule has 13 heteroatoms. The van der Waals surface area contributed by atoms with Crippen LogP contribution < -0.4 is 21.5 Å². The Hall–Kier alpha value is -4.20. The maximum absolute atomic E-state index is 13.8. The van der Waals surface area contributed by atoms with Gasteiger partial charge < -0.3 is 30.7 Å². The highest BCUT2D eigenvalue weighted by molar-refractivity contribution is 6.07. The van der Waals surface area contributed by atoms with Gasteiger partial charge in [0.25, 0.3) is 5.91 Å². The lowest BCUT2D eigenvalue weighted by atomic mass is 10.0. The largest absolute Gasteiger partial charge is 0.417 e. The summed E-state index contributed by atoms with van der Waals surface area (Å²) in [5.74, 6) is -0.823. The van der Waals surface area contributed by atoms with E-state index in [1.54, 1.807) is 6.07 Å². The molecule has 5 rings (SSSR count). The fraction of sp³-hybridized carbons (Fsp3) is 0.424. The summed E-state index contributed by atoms with van der Waals surface area (Å²) in [6, 6.07) is 14.1. The molecule has 246 valence electrons. The number of anilines is 2. The summed E-state index contributed by atoms with van der Waals surface area (Å²) in [7, 11) is 2.02. The van der Waals surface area contributed by atoms with E-state index in [-0.39, 0.29) is 5.91 Å². The van der Waals surface area contributed by atoms with Gasteiger partial charge in [-0.1, -0.05) is 24.3 Å². The van der Waals surface area contributed by atoms with Gasteiger partial charge in [-0.2, -0.15) is 13.2 Å². The van der Waals surface area contributed by atoms with Crippen LogP contribution in [0.3, 0.4) is 0 Å². The maximum atomic E-state index is 13.8. The van der Waals surface area contributed by atoms with E-state index in [2.05, 4.69) is 31.1 Å². The third-order valence-electron chi connectivity index (χ3n) is 8.55. The first-order valence-corrected chi connectivity index (χ1v) is 15.5. The molecular weight excluding hydrogens is 599 g/mol. The van der Waals surface area contributed by atoms with Gasteiger partial charge in [0.15, 0.2) is 0 Å². The molecule has 4 N–H and O–H groups in total. The number of alkyl halides is 3. The van der Waals surface area contributed by atoms with Crippen LogP contribution in [0.15, 0.2) is 59.5 Å². The minimum Gasteiger partial charge on any atom is -0.367 e. The number of amides is 2. The van der Waals surface area contributed by atoms with Gasteiger partial charge >= 0.3 is 6.18 Å². The Balaban J connectivity index is 1.38. The molecule has 0 saturated carbocycles. The Labute approximate surface area is 266 Å². The number of piperazine rings is 2. The number of pyridine rings is 1. The predicted molar refractivity (Wildman–Crippen MR) is 172 cm³/mol. The second-order valence-corrected chi connectivity index (χ2v) is 11.8. The average Bonchev–Trinajstić information content (AvgIpc) is 3.04. The smallest absolute Gasteiger partial charge is 0.367 e. The molecule has 0 unspecified atom stereocenters. The van der Waals surface area contributed by atoms with E-state index >= 15 is 0 Å². The highest BCUT2D eigenvalue weighted by Crippen LogP contribution is 2.35. The van der Waals surface area contributed by atoms with Gasteiger partial charge in [-0.15, -0.1) is 0 Å². The second kappa shape index (κ2) is 14.5. The molecule has 2 aromatic carbocycles. The van der Waals surface area contributed by atoms with E-state index in [0.717, 1.165) is 49.1 Å². The summed E-state index contributed by atoms with van der Waals surface area (Å²) in [6.07, 6.45) is -2.91. The summed E-state index contributed by atoms with van der Waals surface area (Å²) in [5, 5.41) is 2.72. The number of benzene rings is 2. The minimum atomic E-state index is -4.88. The van der Waals surface area contributed by atoms with E-state index < -0.39 is 28.8 Å². The van der Waals surface area contributed by atoms with E-state index in [0.29, 0.717) is 69.6 Å². The summed E-state index contributed by atoms with van der Waals surface area (Å²) >= 11 is 0. The Kier molecular flexibility index (Phi) is 10.4. The van der Waals surface area contributed by atoms with Crippen molar-refractivity contribution in [3.8, 4) is 11.1 Å². The van der Waals surface area contributed by atoms with Crippen molar-refractivity contribution < 1.29 is 22.8 Å². The number of likely N-dealkylation sites (N-methyl/N-ethyl adjacent to an activating group) is 1. The fourth-order valence-electron chi connectivity index (χ4n) is 5.90. The second-order valence-electron chi connectivity index (χ2n) is 11.8. The maximum Gasteiger partial charge on any atom is 0.417 e. The summed E-state index contributed by atoms with van der Waals surface area (Å²) in [6.45, 7) is 7.04. The van der Waals surface area contributed by atoms with Crippen LogP contribution in [-0.2, 0) is 17.5 Å². The van der Waals surface area contributed by atoms with Crippen LogP contribution in [0.4, 0.5) is 24.5 Å². The number of hydrogen-bond donors (Lipinski definition) is 3. The average molecular weight is 640 g/mol. The summed E-state index contributed by atoms with van der Waals surface area (Å²) in [5.41, 5.74) is 6.51. The SMILES string of the molecule is CN1CCN(c2ccc(-c3cccc(CN4CCN(C(=O)CCCN)CC4)c3)cc2NC(=O)c2c[nH]c(=O)cc2C(F)(F)F)CC1. The van der Waals surface area contributed by atoms with E-state index in [1.165, 1.54) is 0 Å². The van der Waals surface area contributed by atoms with Crippen LogP contribution in [0.2, 0.25) is 0 Å². The van der Waals surface area contributed by atoms with Crippen molar-refractivity contribution in [3.05, 3.63) is 81.8 Å². The number of hydrogen-bond acceptors (Lipinski definition) is 7. The van der Waals surface area contributed by atoms with Crippen LogP contribution in [0.1, 0.15) is 34.3 Å². The molecule has 0 atom stereocenters. The molecule has 46 heavy (non-hydrogen) atoms. The van der Waals surface area contributed by atoms with E-state index in [9.17, 15) is 27.6 Å². The first-order chi connectivity index (χ1) is 22.0. The van der Waals surface area contributed by atoms with Gasteiger partial charge in [-0.3, -0.25) is 19.3 Å². The molecule has 0 radical (unpaired) electrons. The van der Waals surface area contributed by atoms with Crippen molar-refractivity contribution in [1.82, 2.24) is 19.7 Å². The molecule has 2 amide bonds. The Morgan fingerprint density at radius 3 is 2.35 bits per heavy atom. The topological polar surface area (TPSA) is 118 Å².